The first-order valence-electron chi connectivity index (χ1n) is 6.47. The van der Waals surface area contributed by atoms with E-state index < -0.39 is 0 Å². The number of nitro groups is 1. The second-order valence-corrected chi connectivity index (χ2v) is 4.81. The fraction of sp³-hybridized carbons (Fsp3) is 0.125. The van der Waals surface area contributed by atoms with Crippen molar-refractivity contribution in [2.75, 3.05) is 0 Å². The highest BCUT2D eigenvalue weighted by molar-refractivity contribution is 5.82. The molecule has 4 nitrogen and oxygen atoms in total. The Hall–Kier alpha value is -2.62. The molecule has 1 heterocycles. The van der Waals surface area contributed by atoms with Crippen molar-refractivity contribution in [3.8, 4) is 0 Å². The summed E-state index contributed by atoms with van der Waals surface area (Å²) in [7, 11) is 0. The summed E-state index contributed by atoms with van der Waals surface area (Å²) in [5.74, 6) is 0. The van der Waals surface area contributed by atoms with Crippen molar-refractivity contribution in [2.45, 2.75) is 13.0 Å². The minimum Gasteiger partial charge on any atom is -0.340 e. The van der Waals surface area contributed by atoms with Gasteiger partial charge in [-0.25, -0.2) is 0 Å². The lowest BCUT2D eigenvalue weighted by atomic mass is 10.1. The van der Waals surface area contributed by atoms with Crippen molar-refractivity contribution in [2.24, 2.45) is 0 Å². The Morgan fingerprint density at radius 3 is 2.55 bits per heavy atom. The van der Waals surface area contributed by atoms with Crippen LogP contribution in [-0.4, -0.2) is 9.49 Å². The van der Waals surface area contributed by atoms with Gasteiger partial charge in [-0.05, 0) is 24.6 Å². The predicted molar refractivity (Wildman–Crippen MR) is 78.8 cm³/mol. The minimum absolute atomic E-state index is 0.123. The van der Waals surface area contributed by atoms with Crippen molar-refractivity contribution in [3.63, 3.8) is 0 Å². The van der Waals surface area contributed by atoms with Crippen LogP contribution in [0.2, 0.25) is 0 Å². The molecule has 3 rings (SSSR count). The van der Waals surface area contributed by atoms with E-state index in [1.807, 2.05) is 30.5 Å². The minimum atomic E-state index is -0.357. The third kappa shape index (κ3) is 2.05. The molecule has 0 amide bonds. The van der Waals surface area contributed by atoms with Crippen LogP contribution in [0.3, 0.4) is 0 Å². The van der Waals surface area contributed by atoms with Crippen molar-refractivity contribution in [3.05, 3.63) is 76.5 Å². The van der Waals surface area contributed by atoms with Gasteiger partial charge in [0.1, 0.15) is 0 Å². The van der Waals surface area contributed by atoms with Gasteiger partial charge in [0.15, 0.2) is 0 Å². The molecule has 0 spiro atoms. The average Bonchev–Trinajstić information content (AvgIpc) is 2.90. The Morgan fingerprint density at radius 2 is 1.85 bits per heavy atom. The van der Waals surface area contributed by atoms with E-state index in [2.05, 4.69) is 23.6 Å². The Labute approximate surface area is 116 Å². The summed E-state index contributed by atoms with van der Waals surface area (Å²) in [6.45, 7) is 2.09. The molecule has 0 fully saturated rings. The monoisotopic (exact) mass is 266 g/mol. The molecule has 2 aromatic carbocycles. The third-order valence-electron chi connectivity index (χ3n) is 3.62. The fourth-order valence-electron chi connectivity index (χ4n) is 2.48. The predicted octanol–water partition coefficient (Wildman–Crippen LogP) is 4.16. The number of nitrogens with zero attached hydrogens (tertiary/aromatic N) is 2. The zero-order valence-corrected chi connectivity index (χ0v) is 11.1. The van der Waals surface area contributed by atoms with Gasteiger partial charge in [-0.15, -0.1) is 0 Å². The van der Waals surface area contributed by atoms with Crippen molar-refractivity contribution < 1.29 is 4.92 Å². The third-order valence-corrected chi connectivity index (χ3v) is 3.62. The number of hydrogen-bond donors (Lipinski definition) is 0. The zero-order chi connectivity index (χ0) is 14.1. The van der Waals surface area contributed by atoms with E-state index in [1.54, 1.807) is 18.2 Å². The van der Waals surface area contributed by atoms with Gasteiger partial charge in [0.05, 0.1) is 16.5 Å². The first-order chi connectivity index (χ1) is 9.66. The summed E-state index contributed by atoms with van der Waals surface area (Å²) < 4.78 is 2.07. The highest BCUT2D eigenvalue weighted by atomic mass is 16.6. The normalized spacial score (nSPS) is 12.4. The Balaban J connectivity index is 2.12. The number of fused-ring (bicyclic) bond motifs is 1. The molecule has 1 aromatic heterocycles. The van der Waals surface area contributed by atoms with Gasteiger partial charge in [-0.3, -0.25) is 10.1 Å². The summed E-state index contributed by atoms with van der Waals surface area (Å²) in [6, 6.07) is 17.2. The molecule has 100 valence electrons. The lowest BCUT2D eigenvalue weighted by Crippen LogP contribution is -2.05. The van der Waals surface area contributed by atoms with E-state index in [0.29, 0.717) is 0 Å². The largest absolute Gasteiger partial charge is 0.340 e. The van der Waals surface area contributed by atoms with E-state index in [0.717, 1.165) is 10.9 Å². The molecule has 0 saturated heterocycles. The zero-order valence-electron chi connectivity index (χ0n) is 11.1. The van der Waals surface area contributed by atoms with Crippen LogP contribution in [0.25, 0.3) is 10.9 Å². The van der Waals surface area contributed by atoms with E-state index in [9.17, 15) is 10.1 Å². The van der Waals surface area contributed by atoms with Crippen LogP contribution < -0.4 is 0 Å². The maximum atomic E-state index is 10.9. The molecule has 4 heteroatoms. The molecular weight excluding hydrogens is 252 g/mol. The molecule has 1 unspecified atom stereocenters. The molecule has 0 saturated carbocycles. The number of non-ortho nitro benzene ring substituents is 1. The van der Waals surface area contributed by atoms with Crippen LogP contribution >= 0.6 is 0 Å². The SMILES string of the molecule is CC(c1ccccc1)n1ccc2ccc([N+](=O)[O-])cc21. The van der Waals surface area contributed by atoms with Crippen LogP contribution in [0.5, 0.6) is 0 Å². The van der Waals surface area contributed by atoms with Crippen LogP contribution in [-0.2, 0) is 0 Å². The smallest absolute Gasteiger partial charge is 0.271 e. The summed E-state index contributed by atoms with van der Waals surface area (Å²) in [6.07, 6.45) is 1.98. The van der Waals surface area contributed by atoms with E-state index in [-0.39, 0.29) is 16.7 Å². The van der Waals surface area contributed by atoms with Crippen molar-refractivity contribution in [1.29, 1.82) is 0 Å². The van der Waals surface area contributed by atoms with Gasteiger partial charge in [0.2, 0.25) is 0 Å². The quantitative estimate of drug-likeness (QED) is 0.528. The summed E-state index contributed by atoms with van der Waals surface area (Å²) >= 11 is 0. The maximum Gasteiger partial charge on any atom is 0.271 e. The van der Waals surface area contributed by atoms with Gasteiger partial charge in [-0.2, -0.15) is 0 Å². The molecule has 3 aromatic rings. The van der Waals surface area contributed by atoms with Gasteiger partial charge >= 0.3 is 0 Å². The number of rotatable bonds is 3. The molecule has 1 atom stereocenters. The fourth-order valence-corrected chi connectivity index (χ4v) is 2.48. The van der Waals surface area contributed by atoms with Crippen LogP contribution in [0, 0.1) is 10.1 Å². The van der Waals surface area contributed by atoms with E-state index in [4.69, 9.17) is 0 Å². The molecule has 0 bridgehead atoms. The van der Waals surface area contributed by atoms with Gasteiger partial charge in [0.25, 0.3) is 5.69 Å². The second kappa shape index (κ2) is 4.81. The number of aromatic nitrogens is 1. The molecule has 0 aliphatic heterocycles. The molecule has 0 aliphatic carbocycles. The van der Waals surface area contributed by atoms with Crippen LogP contribution in [0.4, 0.5) is 5.69 Å². The maximum absolute atomic E-state index is 10.9. The summed E-state index contributed by atoms with van der Waals surface area (Å²) in [5, 5.41) is 11.9. The summed E-state index contributed by atoms with van der Waals surface area (Å²) in [5.41, 5.74) is 2.18. The molecule has 20 heavy (non-hydrogen) atoms. The number of benzene rings is 2. The van der Waals surface area contributed by atoms with Crippen molar-refractivity contribution in [1.82, 2.24) is 4.57 Å². The molecule has 0 aliphatic rings. The van der Waals surface area contributed by atoms with E-state index in [1.165, 1.54) is 5.56 Å². The highest BCUT2D eigenvalue weighted by Gasteiger charge is 2.13. The van der Waals surface area contributed by atoms with Crippen LogP contribution in [0.1, 0.15) is 18.5 Å². The van der Waals surface area contributed by atoms with E-state index >= 15 is 0 Å². The average molecular weight is 266 g/mol. The molecular formula is C16H14N2O2. The second-order valence-electron chi connectivity index (χ2n) is 4.81. The van der Waals surface area contributed by atoms with Gasteiger partial charge in [-0.1, -0.05) is 30.3 Å². The standard InChI is InChI=1S/C16H14N2O2/c1-12(13-5-3-2-4-6-13)17-10-9-14-7-8-15(18(19)20)11-16(14)17/h2-12H,1H3. The lowest BCUT2D eigenvalue weighted by Gasteiger charge is -2.15. The number of nitro benzene ring substituents is 1. The lowest BCUT2D eigenvalue weighted by molar-refractivity contribution is -0.384. The number of hydrogen-bond acceptors (Lipinski definition) is 2. The van der Waals surface area contributed by atoms with Crippen molar-refractivity contribution >= 4 is 16.6 Å². The Morgan fingerprint density at radius 1 is 1.10 bits per heavy atom. The Kier molecular flexibility index (Phi) is 2.99. The first-order valence-corrected chi connectivity index (χ1v) is 6.47. The summed E-state index contributed by atoms with van der Waals surface area (Å²) in [4.78, 5) is 10.6. The van der Waals surface area contributed by atoms with Crippen LogP contribution in [0.15, 0.2) is 60.8 Å². The first kappa shape index (κ1) is 12.4. The highest BCUT2D eigenvalue weighted by Crippen LogP contribution is 2.27. The topological polar surface area (TPSA) is 48.1 Å². The molecule has 0 N–H and O–H groups in total. The molecule has 0 radical (unpaired) electrons. The van der Waals surface area contributed by atoms with Gasteiger partial charge in [0, 0.05) is 23.7 Å². The Bertz CT molecular complexity index is 763. The van der Waals surface area contributed by atoms with Gasteiger partial charge < -0.3 is 4.57 Å².